The predicted octanol–water partition coefficient (Wildman–Crippen LogP) is 4.34. The van der Waals surface area contributed by atoms with E-state index in [0.717, 1.165) is 4.90 Å². The molecule has 9 heteroatoms. The number of nitrogens with one attached hydrogen (secondary N) is 1. The number of imide groups is 1. The maximum atomic E-state index is 13.4. The molecule has 0 aromatic heterocycles. The van der Waals surface area contributed by atoms with Crippen molar-refractivity contribution in [1.82, 2.24) is 4.90 Å². The zero-order valence-corrected chi connectivity index (χ0v) is 18.2. The number of carbonyl (C=O) groups is 3. The number of anilines is 2. The third-order valence-electron chi connectivity index (χ3n) is 5.45. The Bertz CT molecular complexity index is 1200. The van der Waals surface area contributed by atoms with E-state index in [1.54, 1.807) is 24.3 Å². The van der Waals surface area contributed by atoms with Gasteiger partial charge in [-0.25, -0.2) is 18.5 Å². The van der Waals surface area contributed by atoms with Crippen molar-refractivity contribution < 1.29 is 27.9 Å². The average Bonchev–Trinajstić information content (AvgIpc) is 3.13. The quantitative estimate of drug-likeness (QED) is 0.550. The first kappa shape index (κ1) is 22.9. The van der Waals surface area contributed by atoms with Crippen LogP contribution in [0.1, 0.15) is 12.0 Å². The molecule has 1 heterocycles. The highest BCUT2D eigenvalue weighted by Gasteiger charge is 2.44. The largest absolute Gasteiger partial charge is 0.497 e. The minimum Gasteiger partial charge on any atom is -0.497 e. The maximum absolute atomic E-state index is 13.4. The topological polar surface area (TPSA) is 79.0 Å². The lowest BCUT2D eigenvalue weighted by molar-refractivity contribution is -0.122. The Morgan fingerprint density at radius 2 is 1.56 bits per heavy atom. The van der Waals surface area contributed by atoms with Gasteiger partial charge in [-0.2, -0.15) is 0 Å². The molecule has 1 N–H and O–H groups in total. The Labute approximate surface area is 194 Å². The van der Waals surface area contributed by atoms with Crippen LogP contribution in [-0.2, 0) is 16.1 Å². The molecule has 1 fully saturated rings. The van der Waals surface area contributed by atoms with Crippen LogP contribution in [0.2, 0.25) is 0 Å². The van der Waals surface area contributed by atoms with E-state index in [1.165, 1.54) is 60.5 Å². The van der Waals surface area contributed by atoms with Gasteiger partial charge in [0.25, 0.3) is 5.91 Å². The van der Waals surface area contributed by atoms with Gasteiger partial charge in [0.2, 0.25) is 5.91 Å². The maximum Gasteiger partial charge on any atom is 0.322 e. The fourth-order valence-corrected chi connectivity index (χ4v) is 3.70. The van der Waals surface area contributed by atoms with Crippen LogP contribution in [0.5, 0.6) is 5.75 Å². The Morgan fingerprint density at radius 3 is 2.15 bits per heavy atom. The fourth-order valence-electron chi connectivity index (χ4n) is 3.70. The van der Waals surface area contributed by atoms with Gasteiger partial charge in [-0.05, 0) is 66.2 Å². The highest BCUT2D eigenvalue weighted by atomic mass is 19.1. The van der Waals surface area contributed by atoms with Crippen LogP contribution < -0.4 is 15.0 Å². The Balaban J connectivity index is 1.62. The Morgan fingerprint density at radius 1 is 0.971 bits per heavy atom. The van der Waals surface area contributed by atoms with E-state index in [-0.39, 0.29) is 13.0 Å². The van der Waals surface area contributed by atoms with Crippen molar-refractivity contribution in [1.29, 1.82) is 0 Å². The summed E-state index contributed by atoms with van der Waals surface area (Å²) in [7, 11) is 1.50. The number of hydrogen-bond acceptors (Lipinski definition) is 4. The van der Waals surface area contributed by atoms with Gasteiger partial charge in [0.05, 0.1) is 19.2 Å². The molecule has 4 rings (SSSR count). The number of halogens is 2. The molecule has 0 radical (unpaired) electrons. The van der Waals surface area contributed by atoms with E-state index in [1.807, 2.05) is 0 Å². The Kier molecular flexibility index (Phi) is 6.53. The first-order valence-electron chi connectivity index (χ1n) is 10.4. The summed E-state index contributed by atoms with van der Waals surface area (Å²) in [6, 6.07) is 15.3. The SMILES string of the molecule is COc1ccc(N2C(=O)CC(N(Cc3ccc(F)cc3)C(=O)Nc3ccc(F)cc3)C2=O)cc1. The van der Waals surface area contributed by atoms with Crippen LogP contribution in [0.15, 0.2) is 72.8 Å². The number of carbonyl (C=O) groups excluding carboxylic acids is 3. The van der Waals surface area contributed by atoms with Gasteiger partial charge in [-0.1, -0.05) is 12.1 Å². The van der Waals surface area contributed by atoms with Gasteiger partial charge in [-0.15, -0.1) is 0 Å². The second-order valence-corrected chi connectivity index (χ2v) is 7.68. The summed E-state index contributed by atoms with van der Waals surface area (Å²) in [5, 5.41) is 2.63. The molecule has 7 nitrogen and oxygen atoms in total. The predicted molar refractivity (Wildman–Crippen MR) is 121 cm³/mol. The van der Waals surface area contributed by atoms with Crippen LogP contribution in [0.4, 0.5) is 25.0 Å². The summed E-state index contributed by atoms with van der Waals surface area (Å²) in [6.45, 7) is -0.0482. The van der Waals surface area contributed by atoms with E-state index in [4.69, 9.17) is 4.74 Å². The molecule has 174 valence electrons. The minimum atomic E-state index is -1.08. The second kappa shape index (κ2) is 9.70. The third kappa shape index (κ3) is 4.88. The van der Waals surface area contributed by atoms with E-state index in [2.05, 4.69) is 5.32 Å². The van der Waals surface area contributed by atoms with Crippen molar-refractivity contribution in [2.45, 2.75) is 19.0 Å². The summed E-state index contributed by atoms with van der Waals surface area (Å²) in [5.41, 5.74) is 1.25. The summed E-state index contributed by atoms with van der Waals surface area (Å²) in [5.74, 6) is -1.36. The molecular formula is C25H21F2N3O4. The number of urea groups is 1. The lowest BCUT2D eigenvalue weighted by Crippen LogP contribution is -2.46. The van der Waals surface area contributed by atoms with Gasteiger partial charge in [-0.3, -0.25) is 9.59 Å². The number of hydrogen-bond donors (Lipinski definition) is 1. The van der Waals surface area contributed by atoms with E-state index in [9.17, 15) is 23.2 Å². The highest BCUT2D eigenvalue weighted by molar-refractivity contribution is 6.23. The average molecular weight is 465 g/mol. The summed E-state index contributed by atoms with van der Waals surface area (Å²) >= 11 is 0. The summed E-state index contributed by atoms with van der Waals surface area (Å²) in [4.78, 5) is 41.5. The summed E-state index contributed by atoms with van der Waals surface area (Å²) in [6.07, 6.45) is -0.219. The number of rotatable bonds is 6. The molecule has 1 saturated heterocycles. The molecule has 0 spiro atoms. The molecular weight excluding hydrogens is 444 g/mol. The number of benzene rings is 3. The fraction of sp³-hybridized carbons (Fsp3) is 0.160. The van der Waals surface area contributed by atoms with Gasteiger partial charge in [0, 0.05) is 12.2 Å². The van der Waals surface area contributed by atoms with Gasteiger partial charge in [0.15, 0.2) is 0 Å². The van der Waals surface area contributed by atoms with Crippen molar-refractivity contribution in [3.05, 3.63) is 90.0 Å². The van der Waals surface area contributed by atoms with Crippen molar-refractivity contribution >= 4 is 29.2 Å². The molecule has 1 atom stereocenters. The molecule has 1 aliphatic rings. The normalized spacial score (nSPS) is 15.4. The van der Waals surface area contributed by atoms with Crippen LogP contribution in [0, 0.1) is 11.6 Å². The zero-order chi connectivity index (χ0) is 24.2. The highest BCUT2D eigenvalue weighted by Crippen LogP contribution is 2.28. The first-order chi connectivity index (χ1) is 16.4. The molecule has 1 unspecified atom stereocenters. The molecule has 1 aliphatic heterocycles. The zero-order valence-electron chi connectivity index (χ0n) is 18.2. The third-order valence-corrected chi connectivity index (χ3v) is 5.45. The monoisotopic (exact) mass is 465 g/mol. The number of amides is 4. The molecule has 0 aliphatic carbocycles. The Hall–Kier alpha value is -4.27. The minimum absolute atomic E-state index is 0.0482. The standard InChI is InChI=1S/C25H21F2N3O4/c1-34-21-12-10-20(11-13-21)30-23(31)14-22(24(30)32)29(15-16-2-4-17(26)5-3-16)25(33)28-19-8-6-18(27)7-9-19/h2-13,22H,14-15H2,1H3,(H,28,33). The van der Waals surface area contributed by atoms with Gasteiger partial charge in [0.1, 0.15) is 23.4 Å². The molecule has 0 bridgehead atoms. The number of methoxy groups -OCH3 is 1. The van der Waals surface area contributed by atoms with E-state index < -0.39 is 35.5 Å². The van der Waals surface area contributed by atoms with Gasteiger partial charge < -0.3 is 15.0 Å². The van der Waals surface area contributed by atoms with Gasteiger partial charge >= 0.3 is 6.03 Å². The molecule has 34 heavy (non-hydrogen) atoms. The number of nitrogens with zero attached hydrogens (tertiary/aromatic N) is 2. The smallest absolute Gasteiger partial charge is 0.322 e. The van der Waals surface area contributed by atoms with E-state index in [0.29, 0.717) is 22.7 Å². The molecule has 4 amide bonds. The second-order valence-electron chi connectivity index (χ2n) is 7.68. The lowest BCUT2D eigenvalue weighted by Gasteiger charge is -2.28. The van der Waals surface area contributed by atoms with Crippen molar-refractivity contribution in [3.8, 4) is 5.75 Å². The lowest BCUT2D eigenvalue weighted by atomic mass is 10.1. The number of ether oxygens (including phenoxy) is 1. The molecule has 0 saturated carbocycles. The molecule has 3 aromatic carbocycles. The molecule has 3 aromatic rings. The van der Waals surface area contributed by atoms with Crippen molar-refractivity contribution in [3.63, 3.8) is 0 Å². The van der Waals surface area contributed by atoms with Crippen LogP contribution in [-0.4, -0.2) is 35.9 Å². The van der Waals surface area contributed by atoms with Crippen LogP contribution in [0.25, 0.3) is 0 Å². The van der Waals surface area contributed by atoms with Crippen LogP contribution in [0.3, 0.4) is 0 Å². The van der Waals surface area contributed by atoms with Crippen LogP contribution >= 0.6 is 0 Å². The van der Waals surface area contributed by atoms with Crippen molar-refractivity contribution in [2.75, 3.05) is 17.3 Å². The summed E-state index contributed by atoms with van der Waals surface area (Å²) < 4.78 is 31.7. The van der Waals surface area contributed by atoms with Crippen molar-refractivity contribution in [2.24, 2.45) is 0 Å². The van der Waals surface area contributed by atoms with E-state index >= 15 is 0 Å². The first-order valence-corrected chi connectivity index (χ1v) is 10.4.